The lowest BCUT2D eigenvalue weighted by Crippen LogP contribution is -2.44. The first-order valence-electron chi connectivity index (χ1n) is 8.81. The zero-order valence-electron chi connectivity index (χ0n) is 15.5. The Morgan fingerprint density at radius 3 is 2.41 bits per heavy atom. The molecule has 0 aromatic heterocycles. The van der Waals surface area contributed by atoms with Crippen LogP contribution in [0.5, 0.6) is 0 Å². The number of carbonyl (C=O) groups excluding carboxylic acids is 3. The van der Waals surface area contributed by atoms with Crippen molar-refractivity contribution in [3.8, 4) is 0 Å². The Balaban J connectivity index is 1.81. The van der Waals surface area contributed by atoms with E-state index >= 15 is 0 Å². The predicted molar refractivity (Wildman–Crippen MR) is 101 cm³/mol. The highest BCUT2D eigenvalue weighted by Crippen LogP contribution is 2.23. The molecule has 2 aromatic rings. The van der Waals surface area contributed by atoms with Gasteiger partial charge in [-0.2, -0.15) is 0 Å². The van der Waals surface area contributed by atoms with Crippen LogP contribution in [0.2, 0.25) is 0 Å². The third kappa shape index (κ3) is 4.00. The smallest absolute Gasteiger partial charge is 0.339 e. The van der Waals surface area contributed by atoms with Crippen molar-refractivity contribution in [1.82, 2.24) is 4.90 Å². The molecule has 0 radical (unpaired) electrons. The molecule has 6 heteroatoms. The Labute approximate surface area is 158 Å². The molecule has 0 aliphatic carbocycles. The third-order valence-corrected chi connectivity index (χ3v) is 4.76. The van der Waals surface area contributed by atoms with Gasteiger partial charge in [-0.05, 0) is 29.7 Å². The zero-order valence-corrected chi connectivity index (χ0v) is 15.5. The quantitative estimate of drug-likeness (QED) is 0.780. The summed E-state index contributed by atoms with van der Waals surface area (Å²) in [6.07, 6.45) is 0.792. The standard InChI is InChI=1S/C21H22N2O4/c1-15(24)23(19-10-6-5-9-18(19)21(26)27-2)14-20(25)22-12-11-16-7-3-4-8-17(16)13-22/h3-10H,11-14H2,1-2H3. The Hall–Kier alpha value is -3.15. The molecule has 0 unspecified atom stereocenters. The molecule has 3 rings (SSSR count). The van der Waals surface area contributed by atoms with Crippen molar-refractivity contribution < 1.29 is 19.1 Å². The van der Waals surface area contributed by atoms with Crippen LogP contribution in [0.25, 0.3) is 0 Å². The number of methoxy groups -OCH3 is 1. The summed E-state index contributed by atoms with van der Waals surface area (Å²) in [5, 5.41) is 0. The van der Waals surface area contributed by atoms with Gasteiger partial charge in [-0.1, -0.05) is 36.4 Å². The van der Waals surface area contributed by atoms with Crippen LogP contribution >= 0.6 is 0 Å². The van der Waals surface area contributed by atoms with Crippen LogP contribution < -0.4 is 4.90 Å². The number of fused-ring (bicyclic) bond motifs is 1. The molecular formula is C21H22N2O4. The lowest BCUT2D eigenvalue weighted by Gasteiger charge is -2.31. The fourth-order valence-corrected chi connectivity index (χ4v) is 3.30. The molecule has 0 saturated heterocycles. The first kappa shape index (κ1) is 18.6. The maximum absolute atomic E-state index is 12.9. The van der Waals surface area contributed by atoms with Crippen molar-refractivity contribution in [2.75, 3.05) is 25.1 Å². The van der Waals surface area contributed by atoms with Crippen molar-refractivity contribution >= 4 is 23.5 Å². The fraction of sp³-hybridized carbons (Fsp3) is 0.286. The summed E-state index contributed by atoms with van der Waals surface area (Å²) in [4.78, 5) is 40.2. The Morgan fingerprint density at radius 1 is 1.04 bits per heavy atom. The Kier molecular flexibility index (Phi) is 5.54. The monoisotopic (exact) mass is 366 g/mol. The van der Waals surface area contributed by atoms with Gasteiger partial charge in [0.2, 0.25) is 11.8 Å². The summed E-state index contributed by atoms with van der Waals surface area (Å²) in [5.74, 6) is -1.01. The summed E-state index contributed by atoms with van der Waals surface area (Å²) < 4.78 is 4.79. The molecule has 2 aromatic carbocycles. The van der Waals surface area contributed by atoms with Crippen molar-refractivity contribution in [3.05, 3.63) is 65.2 Å². The van der Waals surface area contributed by atoms with Crippen molar-refractivity contribution in [2.24, 2.45) is 0 Å². The number of amides is 2. The first-order chi connectivity index (χ1) is 13.0. The van der Waals surface area contributed by atoms with E-state index in [-0.39, 0.29) is 23.9 Å². The molecule has 2 amide bonds. The minimum atomic E-state index is -0.545. The number of esters is 1. The summed E-state index contributed by atoms with van der Waals surface area (Å²) >= 11 is 0. The topological polar surface area (TPSA) is 66.9 Å². The zero-order chi connectivity index (χ0) is 19.4. The highest BCUT2D eigenvalue weighted by molar-refractivity contribution is 6.04. The molecule has 0 bridgehead atoms. The fourth-order valence-electron chi connectivity index (χ4n) is 3.30. The van der Waals surface area contributed by atoms with Gasteiger partial charge in [0.1, 0.15) is 6.54 Å². The second-order valence-electron chi connectivity index (χ2n) is 6.45. The number of anilines is 1. The van der Waals surface area contributed by atoms with E-state index in [1.54, 1.807) is 29.2 Å². The van der Waals surface area contributed by atoms with Crippen LogP contribution in [-0.2, 0) is 27.3 Å². The molecule has 0 spiro atoms. The van der Waals surface area contributed by atoms with Crippen molar-refractivity contribution in [1.29, 1.82) is 0 Å². The van der Waals surface area contributed by atoms with Gasteiger partial charge in [0.15, 0.2) is 0 Å². The van der Waals surface area contributed by atoms with Gasteiger partial charge < -0.3 is 14.5 Å². The number of nitrogens with zero attached hydrogens (tertiary/aromatic N) is 2. The average molecular weight is 366 g/mol. The van der Waals surface area contributed by atoms with E-state index in [0.29, 0.717) is 18.8 Å². The summed E-state index contributed by atoms with van der Waals surface area (Å²) in [6, 6.07) is 14.7. The second-order valence-corrected chi connectivity index (χ2v) is 6.45. The molecular weight excluding hydrogens is 344 g/mol. The SMILES string of the molecule is COC(=O)c1ccccc1N(CC(=O)N1CCc2ccccc2C1)C(C)=O. The van der Waals surface area contributed by atoms with Gasteiger partial charge in [0, 0.05) is 20.0 Å². The van der Waals surface area contributed by atoms with E-state index in [4.69, 9.17) is 4.74 Å². The molecule has 0 atom stereocenters. The number of rotatable bonds is 4. The van der Waals surface area contributed by atoms with Crippen LogP contribution in [0.4, 0.5) is 5.69 Å². The van der Waals surface area contributed by atoms with Crippen molar-refractivity contribution in [2.45, 2.75) is 19.9 Å². The van der Waals surface area contributed by atoms with Gasteiger partial charge in [-0.15, -0.1) is 0 Å². The summed E-state index contributed by atoms with van der Waals surface area (Å²) in [5.41, 5.74) is 3.01. The maximum atomic E-state index is 12.9. The minimum absolute atomic E-state index is 0.120. The summed E-state index contributed by atoms with van der Waals surface area (Å²) in [7, 11) is 1.29. The van der Waals surface area contributed by atoms with E-state index in [2.05, 4.69) is 6.07 Å². The lowest BCUT2D eigenvalue weighted by atomic mass is 10.00. The minimum Gasteiger partial charge on any atom is -0.465 e. The molecule has 140 valence electrons. The first-order valence-corrected chi connectivity index (χ1v) is 8.81. The van der Waals surface area contributed by atoms with E-state index in [9.17, 15) is 14.4 Å². The van der Waals surface area contributed by atoms with Gasteiger partial charge in [0.25, 0.3) is 0 Å². The van der Waals surface area contributed by atoms with E-state index in [1.165, 1.54) is 24.5 Å². The maximum Gasteiger partial charge on any atom is 0.339 e. The normalized spacial score (nSPS) is 12.9. The van der Waals surface area contributed by atoms with Crippen LogP contribution in [0.15, 0.2) is 48.5 Å². The molecule has 0 saturated carbocycles. The van der Waals surface area contributed by atoms with E-state index < -0.39 is 5.97 Å². The van der Waals surface area contributed by atoms with Crippen LogP contribution in [-0.4, -0.2) is 42.9 Å². The van der Waals surface area contributed by atoms with Crippen LogP contribution in [0.3, 0.4) is 0 Å². The van der Waals surface area contributed by atoms with Gasteiger partial charge in [0.05, 0.1) is 18.4 Å². The molecule has 1 aliphatic rings. The van der Waals surface area contributed by atoms with Crippen LogP contribution in [0.1, 0.15) is 28.4 Å². The van der Waals surface area contributed by atoms with Gasteiger partial charge >= 0.3 is 5.97 Å². The molecule has 1 heterocycles. The molecule has 0 N–H and O–H groups in total. The Morgan fingerprint density at radius 2 is 1.70 bits per heavy atom. The number of para-hydroxylation sites is 1. The molecule has 0 fully saturated rings. The summed E-state index contributed by atoms with van der Waals surface area (Å²) in [6.45, 7) is 2.40. The number of benzene rings is 2. The molecule has 1 aliphatic heterocycles. The van der Waals surface area contributed by atoms with Gasteiger partial charge in [-0.3, -0.25) is 9.59 Å². The highest BCUT2D eigenvalue weighted by Gasteiger charge is 2.26. The average Bonchev–Trinajstić information content (AvgIpc) is 2.70. The van der Waals surface area contributed by atoms with Crippen LogP contribution in [0, 0.1) is 0 Å². The Bertz CT molecular complexity index is 878. The molecule has 6 nitrogen and oxygen atoms in total. The van der Waals surface area contributed by atoms with Crippen molar-refractivity contribution in [3.63, 3.8) is 0 Å². The second kappa shape index (κ2) is 8.03. The predicted octanol–water partition coefficient (Wildman–Crippen LogP) is 2.41. The molecule has 27 heavy (non-hydrogen) atoms. The van der Waals surface area contributed by atoms with Gasteiger partial charge in [-0.25, -0.2) is 4.79 Å². The number of ether oxygens (including phenoxy) is 1. The number of hydrogen-bond donors (Lipinski definition) is 0. The highest BCUT2D eigenvalue weighted by atomic mass is 16.5. The van der Waals surface area contributed by atoms with E-state index in [1.807, 2.05) is 18.2 Å². The lowest BCUT2D eigenvalue weighted by molar-refractivity contribution is -0.132. The largest absolute Gasteiger partial charge is 0.465 e. The number of carbonyl (C=O) groups is 3. The third-order valence-electron chi connectivity index (χ3n) is 4.76. The number of hydrogen-bond acceptors (Lipinski definition) is 4. The van der Waals surface area contributed by atoms with E-state index in [0.717, 1.165) is 12.0 Å².